The third kappa shape index (κ3) is 5.60. The molecule has 1 aliphatic heterocycles. The summed E-state index contributed by atoms with van der Waals surface area (Å²) in [5.74, 6) is -0.374. The van der Waals surface area contributed by atoms with Gasteiger partial charge in [-0.05, 0) is 32.0 Å². The lowest BCUT2D eigenvalue weighted by atomic mass is 10.1. The minimum absolute atomic E-state index is 0.00284. The number of anilines is 2. The van der Waals surface area contributed by atoms with Crippen molar-refractivity contribution in [3.8, 4) is 0 Å². The maximum Gasteiger partial charge on any atom is 0.416 e. The highest BCUT2D eigenvalue weighted by Crippen LogP contribution is 2.35. The van der Waals surface area contributed by atoms with Crippen LogP contribution in [0.5, 0.6) is 0 Å². The summed E-state index contributed by atoms with van der Waals surface area (Å²) in [6.07, 6.45) is -4.48. The average molecular weight is 400 g/mol. The zero-order valence-electron chi connectivity index (χ0n) is 16.5. The van der Waals surface area contributed by atoms with Crippen molar-refractivity contribution in [3.05, 3.63) is 23.8 Å². The summed E-state index contributed by atoms with van der Waals surface area (Å²) < 4.78 is 39.3. The van der Waals surface area contributed by atoms with E-state index in [1.54, 1.807) is 4.90 Å². The van der Waals surface area contributed by atoms with E-state index >= 15 is 0 Å². The normalized spacial score (nSPS) is 15.4. The van der Waals surface area contributed by atoms with Gasteiger partial charge >= 0.3 is 6.18 Å². The number of benzene rings is 1. The lowest BCUT2D eigenvalue weighted by Gasteiger charge is -2.33. The van der Waals surface area contributed by atoms with Crippen LogP contribution in [0, 0.1) is 0 Å². The van der Waals surface area contributed by atoms with Gasteiger partial charge in [0, 0.05) is 46.2 Å². The van der Waals surface area contributed by atoms with Crippen LogP contribution in [-0.4, -0.2) is 67.4 Å². The first kappa shape index (κ1) is 22.0. The molecule has 1 aromatic carbocycles. The fourth-order valence-corrected chi connectivity index (χ4v) is 3.27. The summed E-state index contributed by atoms with van der Waals surface area (Å²) in [6.45, 7) is 8.78. The number of nitrogens with one attached hydrogen (secondary N) is 1. The fourth-order valence-electron chi connectivity index (χ4n) is 3.27. The minimum atomic E-state index is -4.48. The molecule has 2 amide bonds. The second kappa shape index (κ2) is 9.27. The maximum absolute atomic E-state index is 13.1. The first-order valence-electron chi connectivity index (χ1n) is 9.39. The number of carbonyl (C=O) groups excluding carboxylic acids is 2. The first-order chi connectivity index (χ1) is 13.2. The molecule has 1 fully saturated rings. The fraction of sp³-hybridized carbons (Fsp3) is 0.579. The number of hydrogen-bond donors (Lipinski definition) is 1. The Balaban J connectivity index is 2.12. The standard InChI is InChI=1S/C19H27F3N4O2/c1-4-25(5-2)17-7-6-15(19(20,21)22)12-16(17)23-18(28)13-24-8-10-26(11-9-24)14(3)27/h6-7,12H,4-5,8-11,13H2,1-3H3,(H,23,28). The smallest absolute Gasteiger partial charge is 0.370 e. The van der Waals surface area contributed by atoms with Gasteiger partial charge in [0.25, 0.3) is 0 Å². The zero-order valence-corrected chi connectivity index (χ0v) is 16.5. The van der Waals surface area contributed by atoms with Gasteiger partial charge in [-0.2, -0.15) is 13.2 Å². The molecule has 1 heterocycles. The lowest BCUT2D eigenvalue weighted by molar-refractivity contribution is -0.137. The van der Waals surface area contributed by atoms with Crippen molar-refractivity contribution in [1.29, 1.82) is 0 Å². The summed E-state index contributed by atoms with van der Waals surface area (Å²) in [7, 11) is 0. The first-order valence-corrected chi connectivity index (χ1v) is 9.39. The van der Waals surface area contributed by atoms with Crippen LogP contribution >= 0.6 is 0 Å². The highest BCUT2D eigenvalue weighted by Gasteiger charge is 2.31. The molecule has 0 spiro atoms. The van der Waals surface area contributed by atoms with Gasteiger partial charge in [0.1, 0.15) is 0 Å². The van der Waals surface area contributed by atoms with Crippen LogP contribution in [0.25, 0.3) is 0 Å². The summed E-state index contributed by atoms with van der Waals surface area (Å²) in [5.41, 5.74) is -0.0765. The predicted octanol–water partition coefficient (Wildman–Crippen LogP) is 2.65. The number of hydrogen-bond acceptors (Lipinski definition) is 4. The molecule has 0 aliphatic carbocycles. The van der Waals surface area contributed by atoms with Crippen molar-refractivity contribution in [2.75, 3.05) is 56.0 Å². The van der Waals surface area contributed by atoms with Gasteiger partial charge < -0.3 is 15.1 Å². The Hall–Kier alpha value is -2.29. The second-order valence-corrected chi connectivity index (χ2v) is 6.73. The molecule has 9 heteroatoms. The Morgan fingerprint density at radius 2 is 1.71 bits per heavy atom. The van der Waals surface area contributed by atoms with Crippen LogP contribution in [-0.2, 0) is 15.8 Å². The highest BCUT2D eigenvalue weighted by molar-refractivity contribution is 5.95. The monoisotopic (exact) mass is 400 g/mol. The Kier molecular flexibility index (Phi) is 7.29. The van der Waals surface area contributed by atoms with Crippen LogP contribution < -0.4 is 10.2 Å². The summed E-state index contributed by atoms with van der Waals surface area (Å²) in [6, 6.07) is 3.42. The van der Waals surface area contributed by atoms with Gasteiger partial charge in [0.15, 0.2) is 0 Å². The number of amides is 2. The van der Waals surface area contributed by atoms with Gasteiger partial charge in [-0.1, -0.05) is 0 Å². The molecule has 1 aromatic rings. The number of halogens is 3. The Morgan fingerprint density at radius 3 is 2.21 bits per heavy atom. The van der Waals surface area contributed by atoms with E-state index in [-0.39, 0.29) is 24.0 Å². The Labute approximate surface area is 163 Å². The molecule has 0 radical (unpaired) electrons. The molecular weight excluding hydrogens is 373 g/mol. The largest absolute Gasteiger partial charge is 0.416 e. The third-order valence-electron chi connectivity index (χ3n) is 4.89. The maximum atomic E-state index is 13.1. The predicted molar refractivity (Wildman–Crippen MR) is 102 cm³/mol. The van der Waals surface area contributed by atoms with E-state index in [0.717, 1.165) is 12.1 Å². The molecule has 0 atom stereocenters. The van der Waals surface area contributed by atoms with E-state index < -0.39 is 11.7 Å². The molecule has 0 unspecified atom stereocenters. The molecule has 156 valence electrons. The van der Waals surface area contributed by atoms with Crippen LogP contribution in [0.2, 0.25) is 0 Å². The van der Waals surface area contributed by atoms with E-state index in [1.165, 1.54) is 13.0 Å². The molecule has 1 N–H and O–H groups in total. The van der Waals surface area contributed by atoms with Crippen molar-refractivity contribution >= 4 is 23.2 Å². The van der Waals surface area contributed by atoms with Gasteiger partial charge in [-0.3, -0.25) is 14.5 Å². The Morgan fingerprint density at radius 1 is 1.11 bits per heavy atom. The molecule has 0 saturated carbocycles. The van der Waals surface area contributed by atoms with E-state index in [0.29, 0.717) is 45.0 Å². The molecule has 6 nitrogen and oxygen atoms in total. The van der Waals surface area contributed by atoms with Crippen molar-refractivity contribution < 1.29 is 22.8 Å². The average Bonchev–Trinajstić information content (AvgIpc) is 2.63. The van der Waals surface area contributed by atoms with Crippen molar-refractivity contribution in [3.63, 3.8) is 0 Å². The van der Waals surface area contributed by atoms with Gasteiger partial charge in [-0.25, -0.2) is 0 Å². The van der Waals surface area contributed by atoms with Crippen LogP contribution in [0.4, 0.5) is 24.5 Å². The molecule has 28 heavy (non-hydrogen) atoms. The SMILES string of the molecule is CCN(CC)c1ccc(C(F)(F)F)cc1NC(=O)CN1CCN(C(C)=O)CC1. The molecule has 1 aliphatic rings. The summed E-state index contributed by atoms with van der Waals surface area (Å²) in [4.78, 5) is 29.3. The quantitative estimate of drug-likeness (QED) is 0.798. The second-order valence-electron chi connectivity index (χ2n) is 6.73. The number of piperazine rings is 1. The van der Waals surface area contributed by atoms with E-state index in [2.05, 4.69) is 5.32 Å². The van der Waals surface area contributed by atoms with E-state index in [1.807, 2.05) is 23.6 Å². The Bertz CT molecular complexity index is 697. The van der Waals surface area contributed by atoms with E-state index in [9.17, 15) is 22.8 Å². The summed E-state index contributed by atoms with van der Waals surface area (Å²) >= 11 is 0. The number of nitrogens with zero attached hydrogens (tertiary/aromatic N) is 3. The highest BCUT2D eigenvalue weighted by atomic mass is 19.4. The van der Waals surface area contributed by atoms with Crippen molar-refractivity contribution in [2.24, 2.45) is 0 Å². The lowest BCUT2D eigenvalue weighted by Crippen LogP contribution is -2.49. The number of carbonyl (C=O) groups is 2. The molecule has 0 aromatic heterocycles. The van der Waals surface area contributed by atoms with Crippen LogP contribution in [0.3, 0.4) is 0 Å². The van der Waals surface area contributed by atoms with Gasteiger partial charge in [0.2, 0.25) is 11.8 Å². The summed E-state index contributed by atoms with van der Waals surface area (Å²) in [5, 5.41) is 2.65. The topological polar surface area (TPSA) is 55.9 Å². The number of rotatable bonds is 6. The van der Waals surface area contributed by atoms with Gasteiger partial charge in [-0.15, -0.1) is 0 Å². The molecule has 2 rings (SSSR count). The molecular formula is C19H27F3N4O2. The van der Waals surface area contributed by atoms with Crippen molar-refractivity contribution in [1.82, 2.24) is 9.80 Å². The minimum Gasteiger partial charge on any atom is -0.370 e. The molecule has 0 bridgehead atoms. The van der Waals surface area contributed by atoms with E-state index in [4.69, 9.17) is 0 Å². The van der Waals surface area contributed by atoms with Crippen LogP contribution in [0.15, 0.2) is 18.2 Å². The third-order valence-corrected chi connectivity index (χ3v) is 4.89. The molecule has 1 saturated heterocycles. The van der Waals surface area contributed by atoms with Crippen LogP contribution in [0.1, 0.15) is 26.3 Å². The van der Waals surface area contributed by atoms with Crippen molar-refractivity contribution in [2.45, 2.75) is 26.9 Å². The van der Waals surface area contributed by atoms with Gasteiger partial charge in [0.05, 0.1) is 23.5 Å². The zero-order chi connectivity index (χ0) is 20.9. The number of alkyl halides is 3.